The molecule has 4 bridgehead atoms. The van der Waals surface area contributed by atoms with Crippen molar-refractivity contribution >= 4 is 27.3 Å². The number of amides is 1. The molecule has 7 rings (SSSR count). The van der Waals surface area contributed by atoms with E-state index in [1.54, 1.807) is 54.6 Å². The second-order valence-electron chi connectivity index (χ2n) is 11.0. The summed E-state index contributed by atoms with van der Waals surface area (Å²) in [6, 6.07) is 25.3. The summed E-state index contributed by atoms with van der Waals surface area (Å²) in [5.41, 5.74) is 2.86. The van der Waals surface area contributed by atoms with E-state index in [4.69, 9.17) is 0 Å². The van der Waals surface area contributed by atoms with Crippen LogP contribution in [0.15, 0.2) is 89.8 Å². The molecule has 186 valence electrons. The topological polar surface area (TPSA) is 66.5 Å². The lowest BCUT2D eigenvalue weighted by Crippen LogP contribution is -2.48. The Labute approximate surface area is 213 Å². The number of carbonyl (C=O) groups excluding carboxylic acids is 1. The lowest BCUT2D eigenvalue weighted by molar-refractivity contribution is -0.114. The van der Waals surface area contributed by atoms with E-state index in [0.29, 0.717) is 16.8 Å². The minimum Gasteiger partial charge on any atom is -0.325 e. The highest BCUT2D eigenvalue weighted by Gasteiger charge is 2.51. The van der Waals surface area contributed by atoms with Gasteiger partial charge in [-0.3, -0.25) is 9.10 Å². The Kier molecular flexibility index (Phi) is 5.87. The summed E-state index contributed by atoms with van der Waals surface area (Å²) in [6.07, 6.45) is 8.14. The van der Waals surface area contributed by atoms with Crippen LogP contribution >= 0.6 is 0 Å². The van der Waals surface area contributed by atoms with Gasteiger partial charge in [0.2, 0.25) is 5.91 Å². The molecule has 0 spiro atoms. The number of para-hydroxylation sites is 1. The Morgan fingerprint density at radius 2 is 1.31 bits per heavy atom. The Balaban J connectivity index is 1.19. The van der Waals surface area contributed by atoms with Gasteiger partial charge in [0.1, 0.15) is 6.54 Å². The zero-order chi connectivity index (χ0) is 24.8. The monoisotopic (exact) mass is 500 g/mol. The number of sulfonamides is 1. The largest absolute Gasteiger partial charge is 0.325 e. The molecule has 1 N–H and O–H groups in total. The molecule has 0 atom stereocenters. The van der Waals surface area contributed by atoms with Crippen molar-refractivity contribution in [1.82, 2.24) is 0 Å². The van der Waals surface area contributed by atoms with Crippen LogP contribution in [0.1, 0.15) is 44.1 Å². The maximum atomic E-state index is 13.4. The lowest BCUT2D eigenvalue weighted by atomic mass is 9.48. The molecule has 0 heterocycles. The van der Waals surface area contributed by atoms with Crippen molar-refractivity contribution < 1.29 is 13.2 Å². The van der Waals surface area contributed by atoms with Crippen LogP contribution in [0.3, 0.4) is 0 Å². The van der Waals surface area contributed by atoms with Gasteiger partial charge >= 0.3 is 0 Å². The first kappa shape index (κ1) is 23.3. The quantitative estimate of drug-likeness (QED) is 0.433. The van der Waals surface area contributed by atoms with Gasteiger partial charge in [-0.1, -0.05) is 48.5 Å². The number of hydrogen-bond donors (Lipinski definition) is 1. The Hall–Kier alpha value is -3.12. The summed E-state index contributed by atoms with van der Waals surface area (Å²) in [5, 5.41) is 2.92. The highest BCUT2D eigenvalue weighted by Crippen LogP contribution is 2.60. The van der Waals surface area contributed by atoms with Gasteiger partial charge in [0.15, 0.2) is 0 Å². The van der Waals surface area contributed by atoms with Gasteiger partial charge in [-0.25, -0.2) is 8.42 Å². The second kappa shape index (κ2) is 9.07. The third kappa shape index (κ3) is 4.32. The van der Waals surface area contributed by atoms with Gasteiger partial charge in [-0.05, 0) is 104 Å². The summed E-state index contributed by atoms with van der Waals surface area (Å²) in [4.78, 5) is 13.2. The first-order chi connectivity index (χ1) is 17.4. The molecule has 4 saturated carbocycles. The number of carbonyl (C=O) groups is 1. The fourth-order valence-corrected chi connectivity index (χ4v) is 8.77. The normalized spacial score (nSPS) is 26.5. The van der Waals surface area contributed by atoms with E-state index in [0.717, 1.165) is 17.8 Å². The van der Waals surface area contributed by atoms with E-state index in [9.17, 15) is 13.2 Å². The van der Waals surface area contributed by atoms with Gasteiger partial charge in [-0.15, -0.1) is 0 Å². The number of hydrogen-bond acceptors (Lipinski definition) is 3. The highest BCUT2D eigenvalue weighted by atomic mass is 32.2. The van der Waals surface area contributed by atoms with Crippen molar-refractivity contribution in [3.05, 3.63) is 90.5 Å². The first-order valence-corrected chi connectivity index (χ1v) is 14.4. The van der Waals surface area contributed by atoms with E-state index in [1.807, 2.05) is 18.2 Å². The van der Waals surface area contributed by atoms with Crippen LogP contribution in [0, 0.1) is 17.8 Å². The van der Waals surface area contributed by atoms with E-state index in [1.165, 1.54) is 48.4 Å². The number of nitrogens with zero attached hydrogens (tertiary/aromatic N) is 1. The summed E-state index contributed by atoms with van der Waals surface area (Å²) < 4.78 is 28.0. The van der Waals surface area contributed by atoms with Crippen LogP contribution in [0.4, 0.5) is 11.4 Å². The van der Waals surface area contributed by atoms with E-state index < -0.39 is 10.0 Å². The molecule has 0 aromatic heterocycles. The van der Waals surface area contributed by atoms with Crippen molar-refractivity contribution in [3.63, 3.8) is 0 Å². The molecular weight excluding hydrogens is 468 g/mol. The summed E-state index contributed by atoms with van der Waals surface area (Å²) in [6.45, 7) is -0.308. The minimum atomic E-state index is -3.90. The fraction of sp³-hybridized carbons (Fsp3) is 0.367. The molecular formula is C30H32N2O3S. The van der Waals surface area contributed by atoms with Gasteiger partial charge in [-0.2, -0.15) is 0 Å². The minimum absolute atomic E-state index is 0.154. The van der Waals surface area contributed by atoms with E-state index >= 15 is 0 Å². The number of benzene rings is 3. The van der Waals surface area contributed by atoms with E-state index in [-0.39, 0.29) is 17.3 Å². The average Bonchev–Trinajstić information content (AvgIpc) is 2.88. The predicted molar refractivity (Wildman–Crippen MR) is 142 cm³/mol. The fourth-order valence-electron chi connectivity index (χ4n) is 7.33. The van der Waals surface area contributed by atoms with Crippen LogP contribution in [0.2, 0.25) is 0 Å². The smallest absolute Gasteiger partial charge is 0.264 e. The molecule has 3 aromatic carbocycles. The Morgan fingerprint density at radius 3 is 1.86 bits per heavy atom. The maximum absolute atomic E-state index is 13.4. The molecule has 4 aliphatic carbocycles. The molecule has 4 fully saturated rings. The number of anilines is 2. The van der Waals surface area contributed by atoms with Crippen LogP contribution in [0.25, 0.3) is 0 Å². The van der Waals surface area contributed by atoms with Crippen LogP contribution in [-0.4, -0.2) is 20.9 Å². The third-order valence-corrected chi connectivity index (χ3v) is 10.3. The molecule has 4 aliphatic rings. The van der Waals surface area contributed by atoms with Crippen LogP contribution < -0.4 is 9.62 Å². The summed E-state index contributed by atoms with van der Waals surface area (Å²) >= 11 is 0. The first-order valence-electron chi connectivity index (χ1n) is 12.9. The zero-order valence-corrected chi connectivity index (χ0v) is 21.2. The molecule has 0 unspecified atom stereocenters. The van der Waals surface area contributed by atoms with Crippen molar-refractivity contribution in [1.29, 1.82) is 0 Å². The van der Waals surface area contributed by atoms with Gasteiger partial charge in [0.05, 0.1) is 10.6 Å². The predicted octanol–water partition coefficient (Wildman–Crippen LogP) is 5.99. The van der Waals surface area contributed by atoms with Gasteiger partial charge in [0, 0.05) is 5.69 Å². The Morgan fingerprint density at radius 1 is 0.778 bits per heavy atom. The molecule has 0 radical (unpaired) electrons. The van der Waals surface area contributed by atoms with Gasteiger partial charge in [0.25, 0.3) is 10.0 Å². The number of rotatable bonds is 7. The molecule has 0 saturated heterocycles. The van der Waals surface area contributed by atoms with Crippen LogP contribution in [-0.2, 0) is 20.2 Å². The van der Waals surface area contributed by atoms with E-state index in [2.05, 4.69) is 17.4 Å². The molecule has 1 amide bonds. The summed E-state index contributed by atoms with van der Waals surface area (Å²) in [7, 11) is -3.90. The van der Waals surface area contributed by atoms with Gasteiger partial charge < -0.3 is 5.32 Å². The highest BCUT2D eigenvalue weighted by molar-refractivity contribution is 7.92. The third-order valence-electron chi connectivity index (χ3n) is 8.48. The molecule has 36 heavy (non-hydrogen) atoms. The standard InChI is InChI=1S/C30H32N2O3S/c33-29(21-32(27-7-3-1-4-8-27)36(34,35)28-9-5-2-6-10-28)31-26-13-11-25(12-14-26)30-18-22-15-23(19-30)17-24(16-22)20-30/h1-14,22-24H,15-21H2,(H,31,33). The van der Waals surface area contributed by atoms with Crippen molar-refractivity contribution in [3.8, 4) is 0 Å². The maximum Gasteiger partial charge on any atom is 0.264 e. The second-order valence-corrected chi connectivity index (χ2v) is 12.8. The summed E-state index contributed by atoms with van der Waals surface area (Å²) in [5.74, 6) is 2.27. The molecule has 3 aromatic rings. The molecule has 6 heteroatoms. The average molecular weight is 501 g/mol. The molecule has 0 aliphatic heterocycles. The van der Waals surface area contributed by atoms with Crippen molar-refractivity contribution in [2.45, 2.75) is 48.8 Å². The van der Waals surface area contributed by atoms with Crippen molar-refractivity contribution in [2.24, 2.45) is 17.8 Å². The SMILES string of the molecule is O=C(CN(c1ccccc1)S(=O)(=O)c1ccccc1)Nc1ccc(C23CC4CC(CC(C4)C2)C3)cc1. The zero-order valence-electron chi connectivity index (χ0n) is 20.3. The Bertz CT molecular complexity index is 1300. The van der Waals surface area contributed by atoms with Crippen LogP contribution in [0.5, 0.6) is 0 Å². The lowest BCUT2D eigenvalue weighted by Gasteiger charge is -2.57. The molecule has 5 nitrogen and oxygen atoms in total. The number of nitrogens with one attached hydrogen (secondary N) is 1. The van der Waals surface area contributed by atoms with Crippen molar-refractivity contribution in [2.75, 3.05) is 16.2 Å².